The zero-order valence-corrected chi connectivity index (χ0v) is 12.7. The van der Waals surface area contributed by atoms with Crippen LogP contribution in [0.4, 0.5) is 4.39 Å². The van der Waals surface area contributed by atoms with Crippen LogP contribution in [-0.2, 0) is 20.4 Å². The summed E-state index contributed by atoms with van der Waals surface area (Å²) < 4.78 is 37.7. The van der Waals surface area contributed by atoms with Crippen LogP contribution in [0.5, 0.6) is 0 Å². The second-order valence-corrected chi connectivity index (χ2v) is 7.50. The normalized spacial score (nSPS) is 13.2. The molecule has 0 spiro atoms. The second-order valence-electron chi connectivity index (χ2n) is 5.18. The fourth-order valence-electron chi connectivity index (χ4n) is 1.57. The Bertz CT molecular complexity index is 570. The molecule has 4 nitrogen and oxygen atoms in total. The first kappa shape index (κ1) is 16.6. The third kappa shape index (κ3) is 4.59. The first-order valence-electron chi connectivity index (χ1n) is 6.46. The molecule has 112 valence electrons. The van der Waals surface area contributed by atoms with Gasteiger partial charge in [-0.3, -0.25) is 4.79 Å². The lowest BCUT2D eigenvalue weighted by molar-refractivity contribution is -0.120. The van der Waals surface area contributed by atoms with E-state index in [1.165, 1.54) is 25.1 Å². The molecule has 0 bridgehead atoms. The van der Waals surface area contributed by atoms with Crippen molar-refractivity contribution in [1.82, 2.24) is 5.32 Å². The molecule has 1 amide bonds. The van der Waals surface area contributed by atoms with E-state index in [4.69, 9.17) is 0 Å². The van der Waals surface area contributed by atoms with E-state index in [0.29, 0.717) is 6.54 Å². The Morgan fingerprint density at radius 1 is 1.25 bits per heavy atom. The van der Waals surface area contributed by atoms with Gasteiger partial charge in [0.1, 0.15) is 11.1 Å². The van der Waals surface area contributed by atoms with E-state index in [0.717, 1.165) is 0 Å². The number of amides is 1. The van der Waals surface area contributed by atoms with Crippen LogP contribution in [0.25, 0.3) is 0 Å². The molecule has 0 radical (unpaired) electrons. The van der Waals surface area contributed by atoms with Crippen LogP contribution in [0, 0.1) is 11.7 Å². The minimum Gasteiger partial charge on any atom is -0.355 e. The molecule has 20 heavy (non-hydrogen) atoms. The summed E-state index contributed by atoms with van der Waals surface area (Å²) in [6, 6.07) is 5.67. The molecule has 1 unspecified atom stereocenters. The summed E-state index contributed by atoms with van der Waals surface area (Å²) in [6.45, 7) is 5.57. The van der Waals surface area contributed by atoms with Crippen LogP contribution in [0.3, 0.4) is 0 Å². The molecular formula is C14H20FNO3S. The Hall–Kier alpha value is -1.43. The van der Waals surface area contributed by atoms with Gasteiger partial charge in [-0.1, -0.05) is 32.0 Å². The lowest BCUT2D eigenvalue weighted by Gasteiger charge is -2.14. The maximum Gasteiger partial charge on any atom is 0.238 e. The number of benzene rings is 1. The van der Waals surface area contributed by atoms with Crippen molar-refractivity contribution in [2.24, 2.45) is 5.92 Å². The summed E-state index contributed by atoms with van der Waals surface area (Å²) in [5.74, 6) is -1.36. The highest BCUT2D eigenvalue weighted by molar-refractivity contribution is 7.92. The van der Waals surface area contributed by atoms with Gasteiger partial charge in [0.2, 0.25) is 5.91 Å². The van der Waals surface area contributed by atoms with E-state index in [1.807, 2.05) is 13.8 Å². The average molecular weight is 301 g/mol. The standard InChI is InChI=1S/C14H20FNO3S/c1-10(2)8-16-14(17)11(3)20(18,19)9-12-6-4-5-7-13(12)15/h4-7,10-11H,8-9H2,1-3H3,(H,16,17). The van der Waals surface area contributed by atoms with E-state index < -0.39 is 32.6 Å². The molecule has 0 saturated heterocycles. The first-order valence-corrected chi connectivity index (χ1v) is 8.18. The Morgan fingerprint density at radius 2 is 1.85 bits per heavy atom. The maximum atomic E-state index is 13.5. The summed E-state index contributed by atoms with van der Waals surface area (Å²) >= 11 is 0. The van der Waals surface area contributed by atoms with Crippen molar-refractivity contribution in [2.75, 3.05) is 6.54 Å². The highest BCUT2D eigenvalue weighted by Crippen LogP contribution is 2.14. The van der Waals surface area contributed by atoms with Crippen LogP contribution in [0.1, 0.15) is 26.3 Å². The van der Waals surface area contributed by atoms with Gasteiger partial charge in [0.15, 0.2) is 9.84 Å². The number of hydrogen-bond acceptors (Lipinski definition) is 3. The fraction of sp³-hybridized carbons (Fsp3) is 0.500. The van der Waals surface area contributed by atoms with Crippen LogP contribution in [-0.4, -0.2) is 26.1 Å². The van der Waals surface area contributed by atoms with Crippen molar-refractivity contribution in [3.05, 3.63) is 35.6 Å². The van der Waals surface area contributed by atoms with Gasteiger partial charge < -0.3 is 5.32 Å². The highest BCUT2D eigenvalue weighted by atomic mass is 32.2. The number of carbonyl (C=O) groups is 1. The minimum atomic E-state index is -3.74. The van der Waals surface area contributed by atoms with Gasteiger partial charge in [0, 0.05) is 12.1 Å². The Morgan fingerprint density at radius 3 is 2.40 bits per heavy atom. The number of halogens is 1. The van der Waals surface area contributed by atoms with Crippen molar-refractivity contribution in [3.63, 3.8) is 0 Å². The predicted molar refractivity (Wildman–Crippen MR) is 76.3 cm³/mol. The predicted octanol–water partition coefficient (Wildman–Crippen LogP) is 1.90. The lowest BCUT2D eigenvalue weighted by atomic mass is 10.2. The van der Waals surface area contributed by atoms with Crippen LogP contribution < -0.4 is 5.32 Å². The van der Waals surface area contributed by atoms with Crippen molar-refractivity contribution >= 4 is 15.7 Å². The maximum absolute atomic E-state index is 13.5. The molecule has 6 heteroatoms. The summed E-state index contributed by atoms with van der Waals surface area (Å²) in [5, 5.41) is 1.38. The second kappa shape index (κ2) is 6.83. The molecule has 0 aliphatic rings. The van der Waals surface area contributed by atoms with E-state index >= 15 is 0 Å². The number of carbonyl (C=O) groups excluding carboxylic acids is 1. The largest absolute Gasteiger partial charge is 0.355 e. The lowest BCUT2D eigenvalue weighted by Crippen LogP contribution is -2.40. The smallest absolute Gasteiger partial charge is 0.238 e. The number of hydrogen-bond donors (Lipinski definition) is 1. The van der Waals surface area contributed by atoms with Crippen molar-refractivity contribution in [1.29, 1.82) is 0 Å². The molecule has 1 N–H and O–H groups in total. The van der Waals surface area contributed by atoms with Gasteiger partial charge in [-0.25, -0.2) is 12.8 Å². The molecule has 1 atom stereocenters. The van der Waals surface area contributed by atoms with Crippen LogP contribution >= 0.6 is 0 Å². The van der Waals surface area contributed by atoms with Gasteiger partial charge in [0.25, 0.3) is 0 Å². The molecule has 0 aliphatic heterocycles. The first-order chi connectivity index (χ1) is 9.24. The Kier molecular flexibility index (Phi) is 5.68. The van der Waals surface area contributed by atoms with E-state index in [9.17, 15) is 17.6 Å². The molecular weight excluding hydrogens is 281 g/mol. The molecule has 0 heterocycles. The minimum absolute atomic E-state index is 0.0796. The third-order valence-corrected chi connectivity index (χ3v) is 4.91. The van der Waals surface area contributed by atoms with Gasteiger partial charge >= 0.3 is 0 Å². The number of nitrogens with one attached hydrogen (secondary N) is 1. The molecule has 0 saturated carbocycles. The van der Waals surface area contributed by atoms with Crippen molar-refractivity contribution in [2.45, 2.75) is 31.8 Å². The molecule has 1 aromatic rings. The highest BCUT2D eigenvalue weighted by Gasteiger charge is 2.28. The van der Waals surface area contributed by atoms with Gasteiger partial charge in [0.05, 0.1) is 5.75 Å². The van der Waals surface area contributed by atoms with Gasteiger partial charge in [-0.15, -0.1) is 0 Å². The summed E-state index contributed by atoms with van der Waals surface area (Å²) in [4.78, 5) is 11.8. The molecule has 0 aliphatic carbocycles. The zero-order chi connectivity index (χ0) is 15.3. The summed E-state index contributed by atoms with van der Waals surface area (Å²) in [7, 11) is -3.74. The summed E-state index contributed by atoms with van der Waals surface area (Å²) in [5.41, 5.74) is 0.0796. The zero-order valence-electron chi connectivity index (χ0n) is 11.9. The van der Waals surface area contributed by atoms with E-state index in [-0.39, 0.29) is 11.5 Å². The topological polar surface area (TPSA) is 63.2 Å². The molecule has 0 fully saturated rings. The van der Waals surface area contributed by atoms with Crippen LogP contribution in [0.15, 0.2) is 24.3 Å². The van der Waals surface area contributed by atoms with Crippen molar-refractivity contribution in [3.8, 4) is 0 Å². The molecule has 1 aromatic carbocycles. The quantitative estimate of drug-likeness (QED) is 0.873. The van der Waals surface area contributed by atoms with E-state index in [2.05, 4.69) is 5.32 Å². The third-order valence-electron chi connectivity index (χ3n) is 2.91. The van der Waals surface area contributed by atoms with Crippen molar-refractivity contribution < 1.29 is 17.6 Å². The molecule has 1 rings (SSSR count). The average Bonchev–Trinajstić information content (AvgIpc) is 2.37. The summed E-state index contributed by atoms with van der Waals surface area (Å²) in [6.07, 6.45) is 0. The Balaban J connectivity index is 2.78. The Labute approximate surface area is 119 Å². The molecule has 0 aromatic heterocycles. The van der Waals surface area contributed by atoms with E-state index in [1.54, 1.807) is 6.07 Å². The number of rotatable bonds is 6. The SMILES string of the molecule is CC(C)CNC(=O)C(C)S(=O)(=O)Cc1ccccc1F. The van der Waals surface area contributed by atoms with Gasteiger partial charge in [-0.05, 0) is 18.9 Å². The fourth-order valence-corrected chi connectivity index (χ4v) is 2.90. The van der Waals surface area contributed by atoms with Crippen LogP contribution in [0.2, 0.25) is 0 Å². The van der Waals surface area contributed by atoms with Gasteiger partial charge in [-0.2, -0.15) is 0 Å². The number of sulfone groups is 1. The monoisotopic (exact) mass is 301 g/mol.